The monoisotopic (exact) mass is 252 g/mol. The highest BCUT2D eigenvalue weighted by Crippen LogP contribution is 2.19. The van der Waals surface area contributed by atoms with Gasteiger partial charge in [-0.05, 0) is 25.9 Å². The van der Waals surface area contributed by atoms with Crippen molar-refractivity contribution in [3.63, 3.8) is 0 Å². The molecule has 6 nitrogen and oxygen atoms in total. The van der Waals surface area contributed by atoms with Crippen molar-refractivity contribution in [2.75, 3.05) is 32.1 Å². The summed E-state index contributed by atoms with van der Waals surface area (Å²) in [5.41, 5.74) is -0.252. The zero-order chi connectivity index (χ0) is 13.0. The van der Waals surface area contributed by atoms with Gasteiger partial charge in [0.05, 0.1) is 13.4 Å². The molecule has 2 heterocycles. The minimum absolute atomic E-state index is 0.252. The molecular formula is C12H20N4O2. The number of aromatic amines is 1. The van der Waals surface area contributed by atoms with Crippen molar-refractivity contribution in [1.29, 1.82) is 0 Å². The Morgan fingerprint density at radius 1 is 1.67 bits per heavy atom. The molecule has 6 heteroatoms. The Bertz CT molecular complexity index is 446. The molecule has 1 aliphatic rings. The van der Waals surface area contributed by atoms with Crippen molar-refractivity contribution in [1.82, 2.24) is 14.9 Å². The first kappa shape index (κ1) is 12.9. The van der Waals surface area contributed by atoms with Crippen LogP contribution < -0.4 is 15.6 Å². The molecule has 1 saturated heterocycles. The number of hydrogen-bond donors (Lipinski definition) is 2. The molecule has 2 rings (SSSR count). The molecule has 1 unspecified atom stereocenters. The molecule has 0 amide bonds. The van der Waals surface area contributed by atoms with E-state index >= 15 is 0 Å². The Kier molecular flexibility index (Phi) is 4.19. The molecule has 0 radical (unpaired) electrons. The minimum atomic E-state index is -0.252. The highest BCUT2D eigenvalue weighted by atomic mass is 16.5. The fraction of sp³-hybridized carbons (Fsp3) is 0.667. The maximum absolute atomic E-state index is 11.6. The Balaban J connectivity index is 2.09. The van der Waals surface area contributed by atoms with Gasteiger partial charge in [0.2, 0.25) is 5.75 Å². The summed E-state index contributed by atoms with van der Waals surface area (Å²) in [6.07, 6.45) is 3.65. The lowest BCUT2D eigenvalue weighted by Crippen LogP contribution is -2.42. The van der Waals surface area contributed by atoms with Gasteiger partial charge in [-0.15, -0.1) is 0 Å². The van der Waals surface area contributed by atoms with Crippen molar-refractivity contribution in [3.05, 3.63) is 16.7 Å². The maximum Gasteiger partial charge on any atom is 0.295 e. The van der Waals surface area contributed by atoms with Crippen molar-refractivity contribution in [2.24, 2.45) is 0 Å². The number of hydrogen-bond acceptors (Lipinski definition) is 5. The number of likely N-dealkylation sites (N-methyl/N-ethyl adjacent to an activating group) is 1. The SMILES string of the molecule is CCN1CCCC(Nc2nc[nH]c(=O)c2OC)C1. The van der Waals surface area contributed by atoms with Gasteiger partial charge in [0, 0.05) is 12.6 Å². The lowest BCUT2D eigenvalue weighted by atomic mass is 10.1. The van der Waals surface area contributed by atoms with Gasteiger partial charge in [-0.2, -0.15) is 0 Å². The number of likely N-dealkylation sites (tertiary alicyclic amines) is 1. The molecule has 0 bridgehead atoms. The van der Waals surface area contributed by atoms with E-state index in [0.29, 0.717) is 11.9 Å². The fourth-order valence-electron chi connectivity index (χ4n) is 2.33. The summed E-state index contributed by atoms with van der Waals surface area (Å²) in [5, 5.41) is 3.31. The predicted octanol–water partition coefficient (Wildman–Crippen LogP) is 0.675. The largest absolute Gasteiger partial charge is 0.489 e. The van der Waals surface area contributed by atoms with Crippen LogP contribution in [0.15, 0.2) is 11.1 Å². The van der Waals surface area contributed by atoms with E-state index in [1.54, 1.807) is 0 Å². The number of aromatic nitrogens is 2. The van der Waals surface area contributed by atoms with Crippen LogP contribution in [0.2, 0.25) is 0 Å². The predicted molar refractivity (Wildman–Crippen MR) is 70.2 cm³/mol. The second-order valence-corrected chi connectivity index (χ2v) is 4.49. The Morgan fingerprint density at radius 2 is 2.50 bits per heavy atom. The van der Waals surface area contributed by atoms with Gasteiger partial charge < -0.3 is 19.9 Å². The van der Waals surface area contributed by atoms with E-state index in [2.05, 4.69) is 27.1 Å². The first-order valence-corrected chi connectivity index (χ1v) is 6.35. The Labute approximate surface area is 106 Å². The van der Waals surface area contributed by atoms with Crippen molar-refractivity contribution >= 4 is 5.82 Å². The van der Waals surface area contributed by atoms with Crippen molar-refractivity contribution in [2.45, 2.75) is 25.8 Å². The van der Waals surface area contributed by atoms with E-state index in [-0.39, 0.29) is 11.3 Å². The molecule has 1 fully saturated rings. The first-order valence-electron chi connectivity index (χ1n) is 6.35. The molecule has 0 aliphatic carbocycles. The van der Waals surface area contributed by atoms with Gasteiger partial charge >= 0.3 is 0 Å². The minimum Gasteiger partial charge on any atom is -0.489 e. The van der Waals surface area contributed by atoms with Crippen LogP contribution in [0.25, 0.3) is 0 Å². The molecular weight excluding hydrogens is 232 g/mol. The van der Waals surface area contributed by atoms with Crippen LogP contribution in [0, 0.1) is 0 Å². The number of anilines is 1. The lowest BCUT2D eigenvalue weighted by Gasteiger charge is -2.32. The molecule has 0 spiro atoms. The number of piperidine rings is 1. The third kappa shape index (κ3) is 2.81. The number of H-pyrrole nitrogens is 1. The molecule has 0 saturated carbocycles. The summed E-state index contributed by atoms with van der Waals surface area (Å²) in [6, 6.07) is 0.321. The summed E-state index contributed by atoms with van der Waals surface area (Å²) < 4.78 is 5.09. The maximum atomic E-state index is 11.6. The van der Waals surface area contributed by atoms with E-state index in [9.17, 15) is 4.79 Å². The van der Waals surface area contributed by atoms with Gasteiger partial charge in [0.15, 0.2) is 5.82 Å². The number of ether oxygens (including phenoxy) is 1. The van der Waals surface area contributed by atoms with Gasteiger partial charge in [0.25, 0.3) is 5.56 Å². The van der Waals surface area contributed by atoms with E-state index in [4.69, 9.17) is 4.74 Å². The average molecular weight is 252 g/mol. The van der Waals surface area contributed by atoms with Gasteiger partial charge in [0.1, 0.15) is 0 Å². The summed E-state index contributed by atoms with van der Waals surface area (Å²) >= 11 is 0. The van der Waals surface area contributed by atoms with Crippen LogP contribution >= 0.6 is 0 Å². The van der Waals surface area contributed by atoms with Crippen LogP contribution in [0.1, 0.15) is 19.8 Å². The van der Waals surface area contributed by atoms with Gasteiger partial charge in [-0.1, -0.05) is 6.92 Å². The number of methoxy groups -OCH3 is 1. The molecule has 0 aromatic carbocycles. The number of nitrogens with zero attached hydrogens (tertiary/aromatic N) is 2. The number of nitrogens with one attached hydrogen (secondary N) is 2. The van der Waals surface area contributed by atoms with Crippen LogP contribution in [-0.2, 0) is 0 Å². The standard InChI is InChI=1S/C12H20N4O2/c1-3-16-6-4-5-9(7-16)15-11-10(18-2)12(17)14-8-13-11/h8-9H,3-7H2,1-2H3,(H2,13,14,15,17). The van der Waals surface area contributed by atoms with E-state index in [1.165, 1.54) is 13.4 Å². The second-order valence-electron chi connectivity index (χ2n) is 4.49. The van der Waals surface area contributed by atoms with Gasteiger partial charge in [-0.3, -0.25) is 4.79 Å². The molecule has 1 atom stereocenters. The van der Waals surface area contributed by atoms with Crippen molar-refractivity contribution < 1.29 is 4.74 Å². The van der Waals surface area contributed by atoms with Crippen LogP contribution in [-0.4, -0.2) is 47.7 Å². The van der Waals surface area contributed by atoms with E-state index < -0.39 is 0 Å². The zero-order valence-corrected chi connectivity index (χ0v) is 10.9. The third-order valence-corrected chi connectivity index (χ3v) is 3.31. The Hall–Kier alpha value is -1.56. The molecule has 2 N–H and O–H groups in total. The molecule has 1 aliphatic heterocycles. The average Bonchev–Trinajstić information content (AvgIpc) is 2.39. The summed E-state index contributed by atoms with van der Waals surface area (Å²) in [5.74, 6) is 0.787. The normalized spacial score (nSPS) is 20.7. The molecule has 1 aromatic rings. The fourth-order valence-corrected chi connectivity index (χ4v) is 2.33. The van der Waals surface area contributed by atoms with Crippen LogP contribution in [0.4, 0.5) is 5.82 Å². The zero-order valence-electron chi connectivity index (χ0n) is 10.9. The van der Waals surface area contributed by atoms with Crippen LogP contribution in [0.3, 0.4) is 0 Å². The summed E-state index contributed by atoms with van der Waals surface area (Å²) in [4.78, 5) is 20.6. The van der Waals surface area contributed by atoms with Crippen molar-refractivity contribution in [3.8, 4) is 5.75 Å². The third-order valence-electron chi connectivity index (χ3n) is 3.31. The number of rotatable bonds is 4. The Morgan fingerprint density at radius 3 is 3.22 bits per heavy atom. The summed E-state index contributed by atoms with van der Waals surface area (Å²) in [7, 11) is 1.48. The quantitative estimate of drug-likeness (QED) is 0.824. The topological polar surface area (TPSA) is 70.2 Å². The molecule has 100 valence electrons. The lowest BCUT2D eigenvalue weighted by molar-refractivity contribution is 0.226. The van der Waals surface area contributed by atoms with Crippen LogP contribution in [0.5, 0.6) is 5.75 Å². The highest BCUT2D eigenvalue weighted by Gasteiger charge is 2.20. The van der Waals surface area contributed by atoms with Gasteiger partial charge in [-0.25, -0.2) is 4.98 Å². The van der Waals surface area contributed by atoms with E-state index in [1.807, 2.05) is 0 Å². The second kappa shape index (κ2) is 5.86. The summed E-state index contributed by atoms with van der Waals surface area (Å²) in [6.45, 7) is 5.34. The highest BCUT2D eigenvalue weighted by molar-refractivity contribution is 5.48. The smallest absolute Gasteiger partial charge is 0.295 e. The molecule has 18 heavy (non-hydrogen) atoms. The molecule has 1 aromatic heterocycles. The first-order chi connectivity index (χ1) is 8.74. The van der Waals surface area contributed by atoms with E-state index in [0.717, 1.165) is 32.5 Å².